The van der Waals surface area contributed by atoms with Crippen LogP contribution in [0.15, 0.2) is 24.3 Å². The largest absolute Gasteiger partial charge is 0.439 e. The van der Waals surface area contributed by atoms with Crippen molar-refractivity contribution >= 4 is 0 Å². The lowest BCUT2D eigenvalue weighted by atomic mass is 10.2. The number of hydrogen-bond donors (Lipinski definition) is 1. The summed E-state index contributed by atoms with van der Waals surface area (Å²) in [5.41, 5.74) is 1.92. The summed E-state index contributed by atoms with van der Waals surface area (Å²) in [5, 5.41) is 7.70. The van der Waals surface area contributed by atoms with Crippen LogP contribution < -0.4 is 10.1 Å². The van der Waals surface area contributed by atoms with E-state index in [0.29, 0.717) is 18.2 Å². The third kappa shape index (κ3) is 3.36. The van der Waals surface area contributed by atoms with Crippen molar-refractivity contribution in [3.8, 4) is 11.6 Å². The molecule has 0 aliphatic carbocycles. The van der Waals surface area contributed by atoms with Crippen LogP contribution in [0.25, 0.3) is 0 Å². The quantitative estimate of drug-likeness (QED) is 0.824. The lowest BCUT2D eigenvalue weighted by Gasteiger charge is -2.09. The number of nitrogens with zero attached hydrogens (tertiary/aromatic N) is 2. The summed E-state index contributed by atoms with van der Waals surface area (Å²) < 4.78 is 20.7. The molecule has 2 aromatic rings. The highest BCUT2D eigenvalue weighted by Gasteiger charge is 2.15. The molecule has 0 spiro atoms. The topological polar surface area (TPSA) is 39.1 Å². The Hall–Kier alpha value is -1.88. The zero-order valence-electron chi connectivity index (χ0n) is 12.1. The highest BCUT2D eigenvalue weighted by atomic mass is 19.1. The van der Waals surface area contributed by atoms with E-state index >= 15 is 0 Å². The highest BCUT2D eigenvalue weighted by Crippen LogP contribution is 2.27. The minimum atomic E-state index is -0.313. The van der Waals surface area contributed by atoms with E-state index in [-0.39, 0.29) is 5.82 Å². The molecule has 0 aliphatic heterocycles. The highest BCUT2D eigenvalue weighted by molar-refractivity contribution is 5.35. The summed E-state index contributed by atoms with van der Waals surface area (Å²) in [7, 11) is 1.82. The third-order valence-electron chi connectivity index (χ3n) is 3.03. The average Bonchev–Trinajstić information content (AvgIpc) is 2.66. The molecule has 0 unspecified atom stereocenters. The number of aromatic nitrogens is 2. The Labute approximate surface area is 118 Å². The fourth-order valence-corrected chi connectivity index (χ4v) is 2.04. The molecule has 2 rings (SSSR count). The molecule has 5 heteroatoms. The number of ether oxygens (including phenoxy) is 1. The Bertz CT molecular complexity index is 580. The monoisotopic (exact) mass is 277 g/mol. The standard InChI is InChI=1S/C15H20FN3O/c1-4-8-17-10-14-11(2)18-19(3)15(14)20-13-7-5-6-12(16)9-13/h5-7,9,17H,4,8,10H2,1-3H3. The van der Waals surface area contributed by atoms with Gasteiger partial charge in [-0.1, -0.05) is 13.0 Å². The molecular weight excluding hydrogens is 257 g/mol. The summed E-state index contributed by atoms with van der Waals surface area (Å²) in [6.07, 6.45) is 1.07. The molecule has 1 aromatic heterocycles. The first-order valence-electron chi connectivity index (χ1n) is 6.78. The van der Waals surface area contributed by atoms with Gasteiger partial charge in [0.05, 0.1) is 11.3 Å². The molecule has 0 saturated carbocycles. The van der Waals surface area contributed by atoms with Crippen LogP contribution in [-0.4, -0.2) is 16.3 Å². The second kappa shape index (κ2) is 6.52. The molecule has 1 aromatic carbocycles. The number of halogens is 1. The minimum absolute atomic E-state index is 0.313. The van der Waals surface area contributed by atoms with Crippen LogP contribution in [0.2, 0.25) is 0 Å². The molecule has 0 atom stereocenters. The van der Waals surface area contributed by atoms with Gasteiger partial charge >= 0.3 is 0 Å². The van der Waals surface area contributed by atoms with Crippen LogP contribution in [0.5, 0.6) is 11.6 Å². The summed E-state index contributed by atoms with van der Waals surface area (Å²) >= 11 is 0. The summed E-state index contributed by atoms with van der Waals surface area (Å²) in [6.45, 7) is 5.69. The number of benzene rings is 1. The Balaban J connectivity index is 2.21. The predicted octanol–water partition coefficient (Wildman–Crippen LogP) is 3.16. The van der Waals surface area contributed by atoms with Crippen molar-refractivity contribution in [3.05, 3.63) is 41.3 Å². The fourth-order valence-electron chi connectivity index (χ4n) is 2.04. The van der Waals surface area contributed by atoms with Crippen molar-refractivity contribution in [2.75, 3.05) is 6.54 Å². The van der Waals surface area contributed by atoms with Crippen molar-refractivity contribution in [3.63, 3.8) is 0 Å². The number of rotatable bonds is 6. The molecule has 1 heterocycles. The van der Waals surface area contributed by atoms with Crippen molar-refractivity contribution in [2.24, 2.45) is 7.05 Å². The van der Waals surface area contributed by atoms with E-state index in [9.17, 15) is 4.39 Å². The van der Waals surface area contributed by atoms with E-state index in [1.54, 1.807) is 16.8 Å². The Morgan fingerprint density at radius 1 is 1.40 bits per heavy atom. The molecule has 0 fully saturated rings. The maximum absolute atomic E-state index is 13.2. The minimum Gasteiger partial charge on any atom is -0.439 e. The first-order chi connectivity index (χ1) is 9.61. The molecule has 4 nitrogen and oxygen atoms in total. The second-order valence-corrected chi connectivity index (χ2v) is 4.73. The van der Waals surface area contributed by atoms with Gasteiger partial charge in [-0.15, -0.1) is 0 Å². The zero-order valence-corrected chi connectivity index (χ0v) is 12.1. The maximum atomic E-state index is 13.2. The van der Waals surface area contributed by atoms with E-state index in [2.05, 4.69) is 17.3 Å². The maximum Gasteiger partial charge on any atom is 0.222 e. The normalized spacial score (nSPS) is 10.8. The molecular formula is C15H20FN3O. The first kappa shape index (κ1) is 14.5. The van der Waals surface area contributed by atoms with Gasteiger partial charge < -0.3 is 10.1 Å². The number of aryl methyl sites for hydroxylation is 2. The van der Waals surface area contributed by atoms with Gasteiger partial charge in [0.1, 0.15) is 11.6 Å². The Kier molecular flexibility index (Phi) is 4.74. The van der Waals surface area contributed by atoms with Gasteiger partial charge in [-0.2, -0.15) is 5.10 Å². The van der Waals surface area contributed by atoms with E-state index in [4.69, 9.17) is 4.74 Å². The van der Waals surface area contributed by atoms with Gasteiger partial charge in [-0.3, -0.25) is 0 Å². The molecule has 20 heavy (non-hydrogen) atoms. The molecule has 0 amide bonds. The molecule has 0 aliphatic rings. The summed E-state index contributed by atoms with van der Waals surface area (Å²) in [4.78, 5) is 0. The predicted molar refractivity (Wildman–Crippen MR) is 76.4 cm³/mol. The van der Waals surface area contributed by atoms with E-state index in [0.717, 1.165) is 24.2 Å². The zero-order chi connectivity index (χ0) is 14.5. The summed E-state index contributed by atoms with van der Waals surface area (Å²) in [6, 6.07) is 6.12. The van der Waals surface area contributed by atoms with Gasteiger partial charge in [0, 0.05) is 19.7 Å². The average molecular weight is 277 g/mol. The van der Waals surface area contributed by atoms with Crippen molar-refractivity contribution < 1.29 is 9.13 Å². The molecule has 0 saturated heterocycles. The fraction of sp³-hybridized carbons (Fsp3) is 0.400. The van der Waals surface area contributed by atoms with Crippen LogP contribution in [0.3, 0.4) is 0 Å². The van der Waals surface area contributed by atoms with Crippen LogP contribution >= 0.6 is 0 Å². The SMILES string of the molecule is CCCNCc1c(C)nn(C)c1Oc1cccc(F)c1. The van der Waals surface area contributed by atoms with Crippen molar-refractivity contribution in [2.45, 2.75) is 26.8 Å². The van der Waals surface area contributed by atoms with Gasteiger partial charge in [-0.25, -0.2) is 9.07 Å². The number of hydrogen-bond acceptors (Lipinski definition) is 3. The van der Waals surface area contributed by atoms with E-state index < -0.39 is 0 Å². The lowest BCUT2D eigenvalue weighted by molar-refractivity contribution is 0.420. The van der Waals surface area contributed by atoms with Gasteiger partial charge in [-0.05, 0) is 32.0 Å². The van der Waals surface area contributed by atoms with E-state index in [1.807, 2.05) is 14.0 Å². The van der Waals surface area contributed by atoms with E-state index in [1.165, 1.54) is 12.1 Å². The Morgan fingerprint density at radius 2 is 2.20 bits per heavy atom. The first-order valence-corrected chi connectivity index (χ1v) is 6.78. The molecule has 108 valence electrons. The molecule has 0 bridgehead atoms. The van der Waals surface area contributed by atoms with Crippen molar-refractivity contribution in [1.29, 1.82) is 0 Å². The summed E-state index contributed by atoms with van der Waals surface area (Å²) in [5.74, 6) is 0.813. The smallest absolute Gasteiger partial charge is 0.222 e. The molecule has 0 radical (unpaired) electrons. The van der Waals surface area contributed by atoms with Gasteiger partial charge in [0.25, 0.3) is 0 Å². The van der Waals surface area contributed by atoms with Crippen LogP contribution in [0, 0.1) is 12.7 Å². The Morgan fingerprint density at radius 3 is 2.90 bits per heavy atom. The van der Waals surface area contributed by atoms with Gasteiger partial charge in [0.2, 0.25) is 5.88 Å². The third-order valence-corrected chi connectivity index (χ3v) is 3.03. The van der Waals surface area contributed by atoms with Crippen LogP contribution in [0.4, 0.5) is 4.39 Å². The van der Waals surface area contributed by atoms with Gasteiger partial charge in [0.15, 0.2) is 0 Å². The second-order valence-electron chi connectivity index (χ2n) is 4.73. The number of nitrogens with one attached hydrogen (secondary N) is 1. The lowest BCUT2D eigenvalue weighted by Crippen LogP contribution is -2.14. The van der Waals surface area contributed by atoms with Crippen LogP contribution in [0.1, 0.15) is 24.6 Å². The molecule has 1 N–H and O–H groups in total. The van der Waals surface area contributed by atoms with Crippen molar-refractivity contribution in [1.82, 2.24) is 15.1 Å². The van der Waals surface area contributed by atoms with Crippen LogP contribution in [-0.2, 0) is 13.6 Å².